The van der Waals surface area contributed by atoms with E-state index in [0.29, 0.717) is 49.8 Å². The highest BCUT2D eigenvalue weighted by Crippen LogP contribution is 2.30. The number of hydrogen-bond acceptors (Lipinski definition) is 7. The molecule has 1 aliphatic heterocycles. The van der Waals surface area contributed by atoms with Crippen molar-refractivity contribution >= 4 is 44.4 Å². The average molecular weight is 638 g/mol. The molecule has 2 aromatic heterocycles. The maximum absolute atomic E-state index is 13.0. The number of methoxy groups -OCH3 is 1. The minimum absolute atomic E-state index is 0.220. The maximum atomic E-state index is 13.0. The fourth-order valence-corrected chi connectivity index (χ4v) is 5.70. The lowest BCUT2D eigenvalue weighted by Gasteiger charge is -2.36. The summed E-state index contributed by atoms with van der Waals surface area (Å²) in [4.78, 5) is 40.5. The number of aromatic nitrogens is 3. The van der Waals surface area contributed by atoms with E-state index in [1.165, 1.54) is 0 Å². The van der Waals surface area contributed by atoms with Crippen molar-refractivity contribution in [1.29, 1.82) is 0 Å². The first-order valence-electron chi connectivity index (χ1n) is 14.0. The topological polar surface area (TPSA) is 116 Å². The van der Waals surface area contributed by atoms with Crippen molar-refractivity contribution in [2.24, 2.45) is 0 Å². The van der Waals surface area contributed by atoms with Crippen LogP contribution in [0, 0.1) is 6.92 Å². The Morgan fingerprint density at radius 3 is 2.57 bits per heavy atom. The Kier molecular flexibility index (Phi) is 8.49. The number of pyridine rings is 1. The first kappa shape index (κ1) is 29.5. The van der Waals surface area contributed by atoms with Crippen LogP contribution in [0.4, 0.5) is 16.2 Å². The van der Waals surface area contributed by atoms with Crippen molar-refractivity contribution in [3.05, 3.63) is 68.5 Å². The molecule has 0 radical (unpaired) electrons. The number of rotatable bonds is 7. The van der Waals surface area contributed by atoms with Crippen molar-refractivity contribution in [2.45, 2.75) is 39.7 Å². The highest BCUT2D eigenvalue weighted by Gasteiger charge is 2.26. The van der Waals surface area contributed by atoms with Crippen molar-refractivity contribution in [3.63, 3.8) is 0 Å². The zero-order valence-corrected chi connectivity index (χ0v) is 26.2. The van der Waals surface area contributed by atoms with Gasteiger partial charge in [-0.2, -0.15) is 0 Å². The summed E-state index contributed by atoms with van der Waals surface area (Å²) in [7, 11) is 1.64. The second kappa shape index (κ2) is 12.1. The zero-order valence-electron chi connectivity index (χ0n) is 24.6. The van der Waals surface area contributed by atoms with E-state index in [1.54, 1.807) is 18.2 Å². The number of amides is 1. The summed E-state index contributed by atoms with van der Waals surface area (Å²) in [6.45, 7) is 10.9. The van der Waals surface area contributed by atoms with E-state index in [0.717, 1.165) is 44.5 Å². The number of imidazole rings is 1. The molecule has 0 bridgehead atoms. The molecule has 0 saturated carbocycles. The molecule has 3 heterocycles. The number of nitrogens with one attached hydrogen (secondary N) is 3. The molecule has 1 saturated heterocycles. The van der Waals surface area contributed by atoms with Crippen molar-refractivity contribution in [3.8, 4) is 17.1 Å². The van der Waals surface area contributed by atoms with E-state index >= 15 is 0 Å². The zero-order chi connectivity index (χ0) is 30.0. The minimum Gasteiger partial charge on any atom is -0.496 e. The molecule has 1 fully saturated rings. The highest BCUT2D eigenvalue weighted by molar-refractivity contribution is 9.10. The maximum Gasteiger partial charge on any atom is 0.410 e. The van der Waals surface area contributed by atoms with Crippen LogP contribution in [-0.2, 0) is 11.2 Å². The number of halogens is 1. The number of nitrogens with zero attached hydrogens (tertiary/aromatic N) is 3. The molecule has 0 unspecified atom stereocenters. The Bertz CT molecular complexity index is 1650. The van der Waals surface area contributed by atoms with Gasteiger partial charge in [0.05, 0.1) is 28.3 Å². The summed E-state index contributed by atoms with van der Waals surface area (Å²) in [6, 6.07) is 12.0. The van der Waals surface area contributed by atoms with Gasteiger partial charge in [-0.15, -0.1) is 0 Å². The lowest BCUT2D eigenvalue weighted by Crippen LogP contribution is -2.50. The van der Waals surface area contributed by atoms with Gasteiger partial charge in [-0.1, -0.05) is 6.07 Å². The van der Waals surface area contributed by atoms with Crippen LogP contribution in [0.15, 0.2) is 51.9 Å². The van der Waals surface area contributed by atoms with E-state index in [1.807, 2.05) is 52.0 Å². The highest BCUT2D eigenvalue weighted by atomic mass is 79.9. The molecule has 5 rings (SSSR count). The van der Waals surface area contributed by atoms with Gasteiger partial charge < -0.3 is 34.6 Å². The average Bonchev–Trinajstić information content (AvgIpc) is 3.37. The van der Waals surface area contributed by atoms with Crippen LogP contribution in [-0.4, -0.2) is 71.4 Å². The SMILES string of the molecule is COc1ccc(CCNc2cc[nH]c(=O)c2-c2nc3c(C)cc(N4CCN(C(=O)OC(C)(C)C)CC4)cc3[nH]2)cc1Br. The van der Waals surface area contributed by atoms with Gasteiger partial charge in [-0.3, -0.25) is 4.79 Å². The number of aryl methyl sites for hydroxylation is 1. The molecule has 42 heavy (non-hydrogen) atoms. The number of aromatic amines is 2. The number of ether oxygens (including phenoxy) is 2. The van der Waals surface area contributed by atoms with Gasteiger partial charge in [-0.25, -0.2) is 9.78 Å². The second-order valence-corrected chi connectivity index (χ2v) is 12.3. The number of benzene rings is 2. The van der Waals surface area contributed by atoms with E-state index in [2.05, 4.69) is 48.2 Å². The molecule has 10 nitrogen and oxygen atoms in total. The summed E-state index contributed by atoms with van der Waals surface area (Å²) in [5, 5.41) is 3.42. The van der Waals surface area contributed by atoms with Gasteiger partial charge in [0.1, 0.15) is 22.7 Å². The predicted molar refractivity (Wildman–Crippen MR) is 170 cm³/mol. The van der Waals surface area contributed by atoms with Gasteiger partial charge in [0.2, 0.25) is 0 Å². The standard InChI is InChI=1S/C31H37BrN6O4/c1-19-16-21(37-12-14-38(15-13-37)30(40)42-31(2,3)4)18-24-27(19)36-28(35-24)26-23(9-11-34-29(26)39)33-10-8-20-6-7-25(41-5)22(32)17-20/h6-7,9,11,16-18H,8,10,12-15H2,1-5H3,(H,35,36)(H2,33,34,39). The molecular weight excluding hydrogens is 600 g/mol. The Morgan fingerprint density at radius 1 is 1.12 bits per heavy atom. The number of anilines is 2. The van der Waals surface area contributed by atoms with Crippen molar-refractivity contribution in [1.82, 2.24) is 19.9 Å². The molecule has 4 aromatic rings. The number of fused-ring (bicyclic) bond motifs is 1. The van der Waals surface area contributed by atoms with Crippen LogP contribution in [0.2, 0.25) is 0 Å². The fourth-order valence-electron chi connectivity index (χ4n) is 5.11. The Hall–Kier alpha value is -3.99. The van der Waals surface area contributed by atoms with Crippen LogP contribution in [0.5, 0.6) is 5.75 Å². The molecule has 0 spiro atoms. The molecule has 1 aliphatic rings. The number of hydrogen-bond donors (Lipinski definition) is 3. The van der Waals surface area contributed by atoms with Gasteiger partial charge in [0, 0.05) is 44.6 Å². The van der Waals surface area contributed by atoms with Gasteiger partial charge in [0.15, 0.2) is 0 Å². The monoisotopic (exact) mass is 636 g/mol. The molecule has 11 heteroatoms. The van der Waals surface area contributed by atoms with Crippen LogP contribution < -0.4 is 20.5 Å². The summed E-state index contributed by atoms with van der Waals surface area (Å²) >= 11 is 3.54. The van der Waals surface area contributed by atoms with Crippen molar-refractivity contribution < 1.29 is 14.3 Å². The van der Waals surface area contributed by atoms with Gasteiger partial charge >= 0.3 is 6.09 Å². The third-order valence-electron chi connectivity index (χ3n) is 7.20. The number of piperazine rings is 1. The third kappa shape index (κ3) is 6.56. The normalized spacial score (nSPS) is 13.9. The smallest absolute Gasteiger partial charge is 0.410 e. The Balaban J connectivity index is 1.32. The lowest BCUT2D eigenvalue weighted by molar-refractivity contribution is 0.0240. The number of carbonyl (C=O) groups excluding carboxylic acids is 1. The molecule has 0 atom stereocenters. The van der Waals surface area contributed by atoms with E-state index < -0.39 is 5.60 Å². The van der Waals surface area contributed by atoms with E-state index in [-0.39, 0.29) is 11.7 Å². The molecule has 1 amide bonds. The summed E-state index contributed by atoms with van der Waals surface area (Å²) in [5.74, 6) is 1.30. The van der Waals surface area contributed by atoms with Crippen LogP contribution in [0.1, 0.15) is 31.9 Å². The molecular formula is C31H37BrN6O4. The summed E-state index contributed by atoms with van der Waals surface area (Å²) < 4.78 is 11.8. The van der Waals surface area contributed by atoms with E-state index in [9.17, 15) is 9.59 Å². The molecule has 0 aliphatic carbocycles. The number of carbonyl (C=O) groups is 1. The largest absolute Gasteiger partial charge is 0.496 e. The third-order valence-corrected chi connectivity index (χ3v) is 7.82. The Labute approximate surface area is 253 Å². The first-order valence-corrected chi connectivity index (χ1v) is 14.8. The van der Waals surface area contributed by atoms with E-state index in [4.69, 9.17) is 14.5 Å². The quantitative estimate of drug-likeness (QED) is 0.238. The van der Waals surface area contributed by atoms with Crippen LogP contribution in [0.25, 0.3) is 22.4 Å². The van der Waals surface area contributed by atoms with Gasteiger partial charge in [-0.05, 0) is 91.5 Å². The van der Waals surface area contributed by atoms with Crippen LogP contribution >= 0.6 is 15.9 Å². The lowest BCUT2D eigenvalue weighted by atomic mass is 10.1. The number of H-pyrrole nitrogens is 2. The molecule has 3 N–H and O–H groups in total. The van der Waals surface area contributed by atoms with Crippen molar-refractivity contribution in [2.75, 3.05) is 50.1 Å². The molecule has 222 valence electrons. The molecule has 2 aromatic carbocycles. The van der Waals surface area contributed by atoms with Gasteiger partial charge in [0.25, 0.3) is 5.56 Å². The summed E-state index contributed by atoms with van der Waals surface area (Å²) in [6.07, 6.45) is 2.13. The van der Waals surface area contributed by atoms with Crippen LogP contribution in [0.3, 0.4) is 0 Å². The second-order valence-electron chi connectivity index (χ2n) is 11.4. The Morgan fingerprint density at radius 2 is 1.88 bits per heavy atom. The summed E-state index contributed by atoms with van der Waals surface area (Å²) in [5.41, 5.74) is 5.31. The fraction of sp³-hybridized carbons (Fsp3) is 0.387. The predicted octanol–water partition coefficient (Wildman–Crippen LogP) is 5.71. The minimum atomic E-state index is -0.515. The first-order chi connectivity index (χ1) is 20.0.